The van der Waals surface area contributed by atoms with E-state index in [1.807, 2.05) is 6.08 Å². The van der Waals surface area contributed by atoms with Gasteiger partial charge in [-0.15, -0.1) is 0 Å². The van der Waals surface area contributed by atoms with Crippen LogP contribution >= 0.6 is 0 Å². The lowest BCUT2D eigenvalue weighted by Gasteiger charge is -2.20. The molecular formula is C56H105NO5. The molecule has 364 valence electrons. The summed E-state index contributed by atoms with van der Waals surface area (Å²) < 4.78 is 5.46. The molecule has 6 nitrogen and oxygen atoms in total. The summed E-state index contributed by atoms with van der Waals surface area (Å²) in [5.41, 5.74) is 0. The second kappa shape index (κ2) is 51.7. The molecule has 62 heavy (non-hydrogen) atoms. The molecule has 0 saturated carbocycles. The van der Waals surface area contributed by atoms with Crippen LogP contribution in [0.3, 0.4) is 0 Å². The third kappa shape index (κ3) is 47.6. The van der Waals surface area contributed by atoms with E-state index in [4.69, 9.17) is 4.74 Å². The van der Waals surface area contributed by atoms with Crippen LogP contribution in [0, 0.1) is 0 Å². The molecule has 6 heteroatoms. The zero-order chi connectivity index (χ0) is 45.1. The molecule has 0 bridgehead atoms. The second-order valence-corrected chi connectivity index (χ2v) is 18.6. The molecule has 0 aromatic rings. The maximum atomic E-state index is 12.4. The Morgan fingerprint density at radius 2 is 0.839 bits per heavy atom. The smallest absolute Gasteiger partial charge is 0.305 e. The number of nitrogens with one attached hydrogen (secondary N) is 1. The molecule has 0 saturated heterocycles. The van der Waals surface area contributed by atoms with E-state index >= 15 is 0 Å². The molecule has 2 atom stereocenters. The summed E-state index contributed by atoms with van der Waals surface area (Å²) in [5, 5.41) is 23.0. The summed E-state index contributed by atoms with van der Waals surface area (Å²) in [7, 11) is 0. The number of carbonyl (C=O) groups excluding carboxylic acids is 2. The lowest BCUT2D eigenvalue weighted by molar-refractivity contribution is -0.143. The fourth-order valence-corrected chi connectivity index (χ4v) is 8.20. The van der Waals surface area contributed by atoms with Crippen LogP contribution in [-0.4, -0.2) is 47.4 Å². The van der Waals surface area contributed by atoms with Crippen LogP contribution < -0.4 is 5.32 Å². The van der Waals surface area contributed by atoms with Crippen molar-refractivity contribution < 1.29 is 24.5 Å². The highest BCUT2D eigenvalue weighted by molar-refractivity contribution is 5.76. The van der Waals surface area contributed by atoms with E-state index in [2.05, 4.69) is 43.5 Å². The third-order valence-corrected chi connectivity index (χ3v) is 12.4. The van der Waals surface area contributed by atoms with E-state index in [1.54, 1.807) is 6.08 Å². The Bertz CT molecular complexity index is 1010. The number of amides is 1. The number of carbonyl (C=O) groups is 2. The van der Waals surface area contributed by atoms with Crippen LogP contribution in [0.1, 0.15) is 284 Å². The van der Waals surface area contributed by atoms with Crippen LogP contribution in [0.15, 0.2) is 36.5 Å². The molecule has 0 aliphatic rings. The van der Waals surface area contributed by atoms with Crippen molar-refractivity contribution in [2.24, 2.45) is 0 Å². The third-order valence-electron chi connectivity index (χ3n) is 12.4. The Hall–Kier alpha value is -1.92. The normalized spacial score (nSPS) is 12.9. The average molecular weight is 872 g/mol. The summed E-state index contributed by atoms with van der Waals surface area (Å²) in [6.45, 7) is 4.82. The molecule has 0 aliphatic carbocycles. The number of hydrogen-bond donors (Lipinski definition) is 3. The minimum atomic E-state index is -0.845. The summed E-state index contributed by atoms with van der Waals surface area (Å²) in [5.74, 6) is -0.0771. The van der Waals surface area contributed by atoms with Crippen molar-refractivity contribution >= 4 is 11.9 Å². The van der Waals surface area contributed by atoms with Crippen LogP contribution in [0.5, 0.6) is 0 Å². The predicted molar refractivity (Wildman–Crippen MR) is 269 cm³/mol. The summed E-state index contributed by atoms with van der Waals surface area (Å²) in [6.07, 6.45) is 63.0. The fourth-order valence-electron chi connectivity index (χ4n) is 8.20. The number of aliphatic hydroxyl groups excluding tert-OH is 2. The van der Waals surface area contributed by atoms with Crippen LogP contribution in [0.2, 0.25) is 0 Å². The van der Waals surface area contributed by atoms with Gasteiger partial charge in [-0.05, 0) is 57.8 Å². The Labute approximate surface area is 385 Å². The van der Waals surface area contributed by atoms with E-state index in [-0.39, 0.29) is 18.5 Å². The minimum absolute atomic E-state index is 0.00599. The van der Waals surface area contributed by atoms with Gasteiger partial charge >= 0.3 is 5.97 Å². The molecule has 0 heterocycles. The second-order valence-electron chi connectivity index (χ2n) is 18.6. The minimum Gasteiger partial charge on any atom is -0.466 e. The number of ether oxygens (including phenoxy) is 1. The molecule has 1 amide bonds. The van der Waals surface area contributed by atoms with Crippen molar-refractivity contribution in [1.29, 1.82) is 0 Å². The van der Waals surface area contributed by atoms with Gasteiger partial charge in [-0.1, -0.05) is 249 Å². The zero-order valence-electron chi connectivity index (χ0n) is 41.4. The lowest BCUT2D eigenvalue weighted by atomic mass is 10.0. The van der Waals surface area contributed by atoms with Gasteiger partial charge in [-0.25, -0.2) is 0 Å². The first-order chi connectivity index (χ1) is 30.5. The van der Waals surface area contributed by atoms with Crippen LogP contribution in [0.25, 0.3) is 0 Å². The molecule has 0 rings (SSSR count). The topological polar surface area (TPSA) is 95.9 Å². The van der Waals surface area contributed by atoms with Crippen molar-refractivity contribution in [2.45, 2.75) is 296 Å². The van der Waals surface area contributed by atoms with Crippen molar-refractivity contribution in [1.82, 2.24) is 5.32 Å². The summed E-state index contributed by atoms with van der Waals surface area (Å²) in [4.78, 5) is 24.4. The van der Waals surface area contributed by atoms with Gasteiger partial charge in [0.15, 0.2) is 0 Å². The maximum Gasteiger partial charge on any atom is 0.305 e. The highest BCUT2D eigenvalue weighted by atomic mass is 16.5. The maximum absolute atomic E-state index is 12.4. The molecular weight excluding hydrogens is 767 g/mol. The van der Waals surface area contributed by atoms with Crippen molar-refractivity contribution in [3.05, 3.63) is 36.5 Å². The SMILES string of the molecule is CCC/C=C\C/C=C\CCCCCCCC(=O)OCCCCCCCCCCCCCCCCCCCCCCC(=O)NC(CO)C(O)/C=C/CCCCCCCCCCCC. The van der Waals surface area contributed by atoms with Gasteiger partial charge in [0.2, 0.25) is 5.91 Å². The highest BCUT2D eigenvalue weighted by Gasteiger charge is 2.18. The number of allylic oxidation sites excluding steroid dienone is 5. The standard InChI is InChI=1S/C56H105NO5/c1-3-5-7-9-11-13-15-25-30-34-38-42-46-50-56(61)62-51-47-43-39-35-31-27-24-22-20-18-17-19-21-23-26-29-33-37-41-45-49-55(60)57-53(52-58)54(59)48-44-40-36-32-28-16-14-12-10-8-6-4-2/h7,9,13,15,44,48,53-54,58-59H,3-6,8,10-12,14,16-43,45-47,49-52H2,1-2H3,(H,57,60)/b9-7-,15-13-,48-44+. The molecule has 3 N–H and O–H groups in total. The monoisotopic (exact) mass is 872 g/mol. The van der Waals surface area contributed by atoms with Gasteiger partial charge in [0.1, 0.15) is 0 Å². The molecule has 0 aromatic carbocycles. The molecule has 0 spiro atoms. The van der Waals surface area contributed by atoms with Crippen molar-refractivity contribution in [2.75, 3.05) is 13.2 Å². The van der Waals surface area contributed by atoms with E-state index in [1.165, 1.54) is 205 Å². The molecule has 0 radical (unpaired) electrons. The van der Waals surface area contributed by atoms with Gasteiger partial charge in [0, 0.05) is 12.8 Å². The Kier molecular flexibility index (Phi) is 50.1. The van der Waals surface area contributed by atoms with E-state index < -0.39 is 12.1 Å². The first-order valence-corrected chi connectivity index (χ1v) is 27.3. The number of esters is 1. The van der Waals surface area contributed by atoms with Crippen molar-refractivity contribution in [3.63, 3.8) is 0 Å². The summed E-state index contributed by atoms with van der Waals surface area (Å²) in [6, 6.07) is -0.628. The fraction of sp³-hybridized carbons (Fsp3) is 0.857. The van der Waals surface area contributed by atoms with E-state index in [0.29, 0.717) is 19.4 Å². The zero-order valence-corrected chi connectivity index (χ0v) is 41.4. The number of unbranched alkanes of at least 4 members (excludes halogenated alkanes) is 35. The molecule has 0 aliphatic heterocycles. The first-order valence-electron chi connectivity index (χ1n) is 27.3. The Morgan fingerprint density at radius 3 is 1.29 bits per heavy atom. The summed E-state index contributed by atoms with van der Waals surface area (Å²) >= 11 is 0. The van der Waals surface area contributed by atoms with Gasteiger partial charge < -0.3 is 20.3 Å². The van der Waals surface area contributed by atoms with Gasteiger partial charge in [-0.3, -0.25) is 9.59 Å². The quantitative estimate of drug-likeness (QED) is 0.0321. The molecule has 0 fully saturated rings. The number of rotatable bonds is 50. The van der Waals surface area contributed by atoms with Crippen molar-refractivity contribution in [3.8, 4) is 0 Å². The number of aliphatic hydroxyl groups is 2. The van der Waals surface area contributed by atoms with Crippen LogP contribution in [-0.2, 0) is 14.3 Å². The highest BCUT2D eigenvalue weighted by Crippen LogP contribution is 2.16. The largest absolute Gasteiger partial charge is 0.466 e. The Balaban J connectivity index is 3.41. The van der Waals surface area contributed by atoms with Gasteiger partial charge in [0.05, 0.1) is 25.4 Å². The van der Waals surface area contributed by atoms with Crippen LogP contribution in [0.4, 0.5) is 0 Å². The van der Waals surface area contributed by atoms with Gasteiger partial charge in [-0.2, -0.15) is 0 Å². The van der Waals surface area contributed by atoms with E-state index in [9.17, 15) is 19.8 Å². The first kappa shape index (κ1) is 60.1. The van der Waals surface area contributed by atoms with E-state index in [0.717, 1.165) is 51.4 Å². The number of hydrogen-bond acceptors (Lipinski definition) is 5. The predicted octanol–water partition coefficient (Wildman–Crippen LogP) is 16.5. The van der Waals surface area contributed by atoms with Gasteiger partial charge in [0.25, 0.3) is 0 Å². The molecule has 2 unspecified atom stereocenters. The average Bonchev–Trinajstić information content (AvgIpc) is 3.27. The molecule has 0 aromatic heterocycles. The Morgan fingerprint density at radius 1 is 0.452 bits per heavy atom. The lowest BCUT2D eigenvalue weighted by Crippen LogP contribution is -2.45.